The third-order valence-corrected chi connectivity index (χ3v) is 12.2. The third-order valence-electron chi connectivity index (χ3n) is 10.2. The van der Waals surface area contributed by atoms with E-state index in [4.69, 9.17) is 4.74 Å². The van der Waals surface area contributed by atoms with Gasteiger partial charge in [0, 0.05) is 50.7 Å². The number of carbonyl (C=O) groups is 1. The van der Waals surface area contributed by atoms with Crippen molar-refractivity contribution in [1.29, 1.82) is 0 Å². The lowest BCUT2D eigenvalue weighted by Crippen LogP contribution is -2.48. The molecule has 8 heteroatoms. The van der Waals surface area contributed by atoms with Gasteiger partial charge >= 0.3 is 6.09 Å². The smallest absolute Gasteiger partial charge is 0.410 e. The number of likely N-dealkylation sites (tertiary alicyclic amines) is 1. The fourth-order valence-electron chi connectivity index (χ4n) is 7.69. The van der Waals surface area contributed by atoms with Crippen LogP contribution in [0, 0.1) is 5.92 Å². The molecule has 1 amide bonds. The molecule has 0 N–H and O–H groups in total. The van der Waals surface area contributed by atoms with Gasteiger partial charge in [-0.3, -0.25) is 0 Å². The first-order chi connectivity index (χ1) is 22.8. The second-order valence-corrected chi connectivity index (χ2v) is 15.1. The van der Waals surface area contributed by atoms with Gasteiger partial charge in [-0.05, 0) is 66.5 Å². The Labute approximate surface area is 280 Å². The Morgan fingerprint density at radius 1 is 0.830 bits per heavy atom. The van der Waals surface area contributed by atoms with Crippen molar-refractivity contribution in [2.75, 3.05) is 33.2 Å². The first-order valence-electron chi connectivity index (χ1n) is 17.1. The third kappa shape index (κ3) is 7.56. The molecule has 7 nitrogen and oxygen atoms in total. The molecule has 1 aliphatic heterocycles. The maximum Gasteiger partial charge on any atom is 0.410 e. The maximum atomic E-state index is 14.1. The molecule has 4 aromatic carbocycles. The average Bonchev–Trinajstić information content (AvgIpc) is 3.53. The van der Waals surface area contributed by atoms with Gasteiger partial charge < -0.3 is 14.5 Å². The fourth-order valence-corrected chi connectivity index (χ4v) is 9.28. The Kier molecular flexibility index (Phi) is 10.6. The zero-order valence-electron chi connectivity index (χ0n) is 27.6. The minimum absolute atomic E-state index is 0.0915. The van der Waals surface area contributed by atoms with Crippen LogP contribution in [0.1, 0.15) is 56.1 Å². The predicted octanol–water partition coefficient (Wildman–Crippen LogP) is 7.54. The van der Waals surface area contributed by atoms with E-state index >= 15 is 0 Å². The van der Waals surface area contributed by atoms with Crippen molar-refractivity contribution in [2.45, 2.75) is 68.5 Å². The van der Waals surface area contributed by atoms with Crippen LogP contribution in [0.5, 0.6) is 0 Å². The molecule has 1 aliphatic carbocycles. The van der Waals surface area contributed by atoms with Crippen molar-refractivity contribution in [3.05, 3.63) is 114 Å². The van der Waals surface area contributed by atoms with Crippen LogP contribution in [0.15, 0.2) is 108 Å². The maximum absolute atomic E-state index is 14.1. The van der Waals surface area contributed by atoms with Crippen LogP contribution in [-0.4, -0.2) is 73.9 Å². The molecule has 0 bridgehead atoms. The molecule has 2 fully saturated rings. The van der Waals surface area contributed by atoms with Crippen LogP contribution in [0.25, 0.3) is 10.8 Å². The van der Waals surface area contributed by atoms with Crippen molar-refractivity contribution in [2.24, 2.45) is 5.92 Å². The molecule has 3 atom stereocenters. The van der Waals surface area contributed by atoms with Gasteiger partial charge in [0.15, 0.2) is 0 Å². The van der Waals surface area contributed by atoms with E-state index in [0.717, 1.165) is 68.1 Å². The molecule has 0 spiro atoms. The Morgan fingerprint density at radius 3 is 2.21 bits per heavy atom. The van der Waals surface area contributed by atoms with E-state index in [1.165, 1.54) is 5.56 Å². The minimum Gasteiger partial charge on any atom is -0.445 e. The number of ether oxygens (including phenoxy) is 1. The van der Waals surface area contributed by atoms with E-state index < -0.39 is 10.0 Å². The van der Waals surface area contributed by atoms with E-state index in [9.17, 15) is 13.2 Å². The quantitative estimate of drug-likeness (QED) is 0.167. The Morgan fingerprint density at radius 2 is 1.49 bits per heavy atom. The number of carbonyl (C=O) groups excluding carboxylic acids is 1. The van der Waals surface area contributed by atoms with E-state index in [1.807, 2.05) is 77.7 Å². The van der Waals surface area contributed by atoms with Gasteiger partial charge in [-0.1, -0.05) is 104 Å². The summed E-state index contributed by atoms with van der Waals surface area (Å²) in [6.45, 7) is 5.80. The summed E-state index contributed by atoms with van der Waals surface area (Å²) < 4.78 is 35.5. The number of hydrogen-bond acceptors (Lipinski definition) is 5. The second kappa shape index (κ2) is 15.0. The highest BCUT2D eigenvalue weighted by atomic mass is 32.2. The number of piperidine rings is 1. The molecule has 3 unspecified atom stereocenters. The summed E-state index contributed by atoms with van der Waals surface area (Å²) in [5.41, 5.74) is 2.27. The van der Waals surface area contributed by atoms with E-state index in [0.29, 0.717) is 17.4 Å². The molecule has 47 heavy (non-hydrogen) atoms. The van der Waals surface area contributed by atoms with Crippen LogP contribution in [0.2, 0.25) is 0 Å². The Balaban J connectivity index is 1.12. The number of benzene rings is 4. The number of hydrogen-bond donors (Lipinski definition) is 0. The summed E-state index contributed by atoms with van der Waals surface area (Å²) >= 11 is 0. The van der Waals surface area contributed by atoms with Crippen molar-refractivity contribution >= 4 is 26.9 Å². The number of fused-ring (bicyclic) bond motifs is 1. The van der Waals surface area contributed by atoms with Gasteiger partial charge in [0.1, 0.15) is 6.61 Å². The van der Waals surface area contributed by atoms with Gasteiger partial charge in [0.05, 0.1) is 4.90 Å². The minimum atomic E-state index is -3.69. The van der Waals surface area contributed by atoms with Gasteiger partial charge in [-0.15, -0.1) is 0 Å². The van der Waals surface area contributed by atoms with Gasteiger partial charge in [-0.25, -0.2) is 13.2 Å². The number of sulfonamides is 1. The average molecular weight is 654 g/mol. The first kappa shape index (κ1) is 33.2. The van der Waals surface area contributed by atoms with Crippen molar-refractivity contribution < 1.29 is 17.9 Å². The lowest BCUT2D eigenvalue weighted by molar-refractivity contribution is 0.0577. The normalized spacial score (nSPS) is 20.9. The molecule has 6 rings (SSSR count). The van der Waals surface area contributed by atoms with E-state index in [2.05, 4.69) is 36.1 Å². The molecule has 1 heterocycles. The zero-order chi connectivity index (χ0) is 32.8. The number of rotatable bonds is 11. The van der Waals surface area contributed by atoms with Crippen LogP contribution in [0.3, 0.4) is 0 Å². The van der Waals surface area contributed by atoms with Crippen LogP contribution in [0.4, 0.5) is 4.79 Å². The summed E-state index contributed by atoms with van der Waals surface area (Å²) in [6, 6.07) is 33.7. The summed E-state index contributed by atoms with van der Waals surface area (Å²) in [7, 11) is -1.93. The molecule has 1 saturated heterocycles. The van der Waals surface area contributed by atoms with Crippen LogP contribution in [-0.2, 0) is 21.4 Å². The van der Waals surface area contributed by atoms with Gasteiger partial charge in [-0.2, -0.15) is 4.31 Å². The summed E-state index contributed by atoms with van der Waals surface area (Å²) in [5.74, 6) is 0.598. The summed E-state index contributed by atoms with van der Waals surface area (Å²) in [6.07, 6.45) is 4.08. The molecule has 4 aromatic rings. The summed E-state index contributed by atoms with van der Waals surface area (Å²) in [4.78, 5) is 18.0. The topological polar surface area (TPSA) is 70.2 Å². The molecular weight excluding hydrogens is 607 g/mol. The van der Waals surface area contributed by atoms with Gasteiger partial charge in [0.25, 0.3) is 0 Å². The number of amides is 1. The number of nitrogens with zero attached hydrogens (tertiary/aromatic N) is 3. The Bertz CT molecular complexity index is 1720. The molecule has 0 radical (unpaired) electrons. The van der Waals surface area contributed by atoms with Crippen molar-refractivity contribution in [3.63, 3.8) is 0 Å². The second-order valence-electron chi connectivity index (χ2n) is 13.2. The fraction of sp³-hybridized carbons (Fsp3) is 0.410. The SMILES string of the molecule is CCCN(C(=O)OCc1ccccc1)C1CCN(CC2CC(N(C)S(=O)(=O)c3cccc4ccccc34)CC2c2ccccc2)CC1. The molecule has 2 aliphatic rings. The predicted molar refractivity (Wildman–Crippen MR) is 188 cm³/mol. The van der Waals surface area contributed by atoms with E-state index in [-0.39, 0.29) is 30.7 Å². The highest BCUT2D eigenvalue weighted by Crippen LogP contribution is 2.44. The largest absolute Gasteiger partial charge is 0.445 e. The highest BCUT2D eigenvalue weighted by Gasteiger charge is 2.42. The molecule has 248 valence electrons. The van der Waals surface area contributed by atoms with E-state index in [1.54, 1.807) is 17.4 Å². The van der Waals surface area contributed by atoms with Gasteiger partial charge in [0.2, 0.25) is 10.0 Å². The zero-order valence-corrected chi connectivity index (χ0v) is 28.4. The van der Waals surface area contributed by atoms with Crippen molar-refractivity contribution in [3.8, 4) is 0 Å². The van der Waals surface area contributed by atoms with Crippen LogP contribution >= 0.6 is 0 Å². The molecule has 0 aromatic heterocycles. The lowest BCUT2D eigenvalue weighted by atomic mass is 9.88. The lowest BCUT2D eigenvalue weighted by Gasteiger charge is -2.39. The molecule has 1 saturated carbocycles. The summed E-state index contributed by atoms with van der Waals surface area (Å²) in [5, 5.41) is 1.69. The van der Waals surface area contributed by atoms with Crippen LogP contribution < -0.4 is 0 Å². The molecular formula is C39H47N3O4S. The highest BCUT2D eigenvalue weighted by molar-refractivity contribution is 7.89. The monoisotopic (exact) mass is 653 g/mol. The standard InChI is InChI=1S/C39H47N3O4S/c1-3-23-42(39(43)46-29-30-13-6-4-7-14-30)34-21-24-41(25-22-34)28-33-26-35(27-37(33)32-15-8-5-9-16-32)40(2)47(44,45)38-20-12-18-31-17-10-11-19-36(31)38/h4-20,33-35,37H,3,21-29H2,1-2H3. The Hall–Kier alpha value is -3.72. The first-order valence-corrected chi connectivity index (χ1v) is 18.5. The van der Waals surface area contributed by atoms with Crippen molar-refractivity contribution in [1.82, 2.24) is 14.1 Å².